The van der Waals surface area contributed by atoms with Crippen LogP contribution in [0.5, 0.6) is 0 Å². The van der Waals surface area contributed by atoms with Gasteiger partial charge in [-0.15, -0.1) is 0 Å². The Balaban J connectivity index is 1.12. The fourth-order valence-corrected chi connectivity index (χ4v) is 7.69. The van der Waals surface area contributed by atoms with E-state index in [1.165, 1.54) is 38.1 Å². The summed E-state index contributed by atoms with van der Waals surface area (Å²) in [5, 5.41) is 7.09. The Morgan fingerprint density at radius 3 is 1.72 bits per heavy atom. The second-order valence-corrected chi connectivity index (χ2v) is 12.8. The summed E-state index contributed by atoms with van der Waals surface area (Å²) in [7, 11) is 0. The van der Waals surface area contributed by atoms with E-state index < -0.39 is 0 Å². The van der Waals surface area contributed by atoms with Gasteiger partial charge in [0.25, 0.3) is 0 Å². The van der Waals surface area contributed by atoms with Crippen LogP contribution in [0.15, 0.2) is 162 Å². The van der Waals surface area contributed by atoms with Gasteiger partial charge >= 0.3 is 0 Å². The van der Waals surface area contributed by atoms with E-state index in [0.29, 0.717) is 17.5 Å². The van der Waals surface area contributed by atoms with Crippen LogP contribution in [0.2, 0.25) is 0 Å². The van der Waals surface area contributed by atoms with Crippen LogP contribution < -0.4 is 0 Å². The molecule has 4 aromatic heterocycles. The molecule has 5 nitrogen and oxygen atoms in total. The number of rotatable bonds is 4. The van der Waals surface area contributed by atoms with Crippen molar-refractivity contribution < 1.29 is 4.42 Å². The number of fused-ring (bicyclic) bond motifs is 10. The number of hydrogen-bond acceptors (Lipinski definition) is 4. The van der Waals surface area contributed by atoms with Gasteiger partial charge in [-0.25, -0.2) is 15.0 Å². The number of para-hydroxylation sites is 2. The summed E-state index contributed by atoms with van der Waals surface area (Å²) >= 11 is 0. The van der Waals surface area contributed by atoms with Crippen LogP contribution in [0.4, 0.5) is 0 Å². The van der Waals surface area contributed by atoms with Crippen LogP contribution in [0.3, 0.4) is 0 Å². The molecular formula is C45H26N4O. The van der Waals surface area contributed by atoms with Gasteiger partial charge in [0, 0.05) is 43.6 Å². The molecule has 50 heavy (non-hydrogen) atoms. The molecule has 5 heteroatoms. The maximum Gasteiger partial charge on any atom is 0.164 e. The molecule has 11 rings (SSSR count). The fourth-order valence-electron chi connectivity index (χ4n) is 7.69. The summed E-state index contributed by atoms with van der Waals surface area (Å²) in [6.07, 6.45) is 0. The van der Waals surface area contributed by atoms with E-state index in [-0.39, 0.29) is 0 Å². The molecular weight excluding hydrogens is 613 g/mol. The number of aromatic nitrogens is 4. The molecule has 0 unspecified atom stereocenters. The third kappa shape index (κ3) is 3.92. The molecule has 0 aliphatic rings. The summed E-state index contributed by atoms with van der Waals surface area (Å²) in [6.45, 7) is 0. The minimum atomic E-state index is 0.641. The Kier molecular flexibility index (Phi) is 5.60. The van der Waals surface area contributed by atoms with Crippen LogP contribution in [-0.2, 0) is 0 Å². The van der Waals surface area contributed by atoms with Crippen LogP contribution in [0.1, 0.15) is 0 Å². The normalized spacial score (nSPS) is 12.0. The van der Waals surface area contributed by atoms with Gasteiger partial charge in [-0.1, -0.05) is 121 Å². The Labute approximate surface area is 286 Å². The van der Waals surface area contributed by atoms with Gasteiger partial charge in [-0.3, -0.25) is 0 Å². The van der Waals surface area contributed by atoms with Crippen LogP contribution in [0.25, 0.3) is 105 Å². The highest BCUT2D eigenvalue weighted by molar-refractivity contribution is 6.32. The first-order valence-electron chi connectivity index (χ1n) is 16.8. The summed E-state index contributed by atoms with van der Waals surface area (Å²) in [4.78, 5) is 14.8. The molecule has 0 spiro atoms. The minimum absolute atomic E-state index is 0.641. The molecule has 11 aromatic rings. The summed E-state index contributed by atoms with van der Waals surface area (Å²) < 4.78 is 8.97. The first kappa shape index (κ1) is 27.1. The Bertz CT molecular complexity index is 3030. The van der Waals surface area contributed by atoms with Crippen molar-refractivity contribution >= 4 is 60.0 Å². The van der Waals surface area contributed by atoms with E-state index >= 15 is 0 Å². The first-order chi connectivity index (χ1) is 24.8. The zero-order valence-electron chi connectivity index (χ0n) is 26.7. The van der Waals surface area contributed by atoms with Crippen molar-refractivity contribution in [1.82, 2.24) is 19.4 Å². The second kappa shape index (κ2) is 10.3. The predicted octanol–water partition coefficient (Wildman–Crippen LogP) is 11.6. The molecule has 0 aliphatic heterocycles. The lowest BCUT2D eigenvalue weighted by Gasteiger charge is -2.10. The monoisotopic (exact) mass is 638 g/mol. The highest BCUT2D eigenvalue weighted by Crippen LogP contribution is 2.46. The van der Waals surface area contributed by atoms with Gasteiger partial charge in [0.15, 0.2) is 17.5 Å². The molecule has 7 aromatic carbocycles. The average molecular weight is 639 g/mol. The molecule has 4 heterocycles. The van der Waals surface area contributed by atoms with Crippen molar-refractivity contribution in [2.75, 3.05) is 0 Å². The lowest BCUT2D eigenvalue weighted by molar-refractivity contribution is 0.673. The molecule has 232 valence electrons. The van der Waals surface area contributed by atoms with Gasteiger partial charge in [0.2, 0.25) is 0 Å². The molecule has 0 saturated heterocycles. The SMILES string of the molecule is c1ccc(-c2nc(-c3ccccc3)nc(-c3cccc(-c4ccc5c(c4)c4cc6c7ccccc7oc6c6c7ccccc7n5c46)c3)n2)cc1. The number of hydrogen-bond donors (Lipinski definition) is 0. The van der Waals surface area contributed by atoms with Gasteiger partial charge in [-0.05, 0) is 47.5 Å². The molecule has 0 fully saturated rings. The standard InChI is InChI=1S/C45H26N4O/c1-3-12-27(13-4-1)43-46-44(28-14-5-2-6-15-28)48-45(47-43)31-17-11-16-29(24-31)30-22-23-38-34(25-30)35-26-36-32-18-8-10-21-39(32)50-42(36)40-33-19-7-9-20-37(33)49(38)41(35)40/h1-26H. The summed E-state index contributed by atoms with van der Waals surface area (Å²) in [5.74, 6) is 1.94. The van der Waals surface area contributed by atoms with Crippen LogP contribution in [-0.4, -0.2) is 19.4 Å². The van der Waals surface area contributed by atoms with Crippen molar-refractivity contribution in [2.24, 2.45) is 0 Å². The van der Waals surface area contributed by atoms with E-state index in [2.05, 4.69) is 95.4 Å². The lowest BCUT2D eigenvalue weighted by Crippen LogP contribution is -2.00. The lowest BCUT2D eigenvalue weighted by atomic mass is 9.99. The Morgan fingerprint density at radius 1 is 0.380 bits per heavy atom. The molecule has 0 N–H and O–H groups in total. The fraction of sp³-hybridized carbons (Fsp3) is 0. The molecule has 0 saturated carbocycles. The zero-order valence-corrected chi connectivity index (χ0v) is 26.7. The zero-order chi connectivity index (χ0) is 32.8. The van der Waals surface area contributed by atoms with Crippen molar-refractivity contribution in [3.05, 3.63) is 158 Å². The predicted molar refractivity (Wildman–Crippen MR) is 204 cm³/mol. The highest BCUT2D eigenvalue weighted by atomic mass is 16.3. The second-order valence-electron chi connectivity index (χ2n) is 12.8. The molecule has 0 atom stereocenters. The summed E-state index contributed by atoms with van der Waals surface area (Å²) in [5.41, 5.74) is 10.5. The van der Waals surface area contributed by atoms with Crippen molar-refractivity contribution in [2.45, 2.75) is 0 Å². The van der Waals surface area contributed by atoms with Crippen LogP contribution >= 0.6 is 0 Å². The van der Waals surface area contributed by atoms with Crippen LogP contribution in [0, 0.1) is 0 Å². The van der Waals surface area contributed by atoms with E-state index in [4.69, 9.17) is 19.4 Å². The molecule has 0 amide bonds. The first-order valence-corrected chi connectivity index (χ1v) is 16.8. The Morgan fingerprint density at radius 2 is 0.960 bits per heavy atom. The topological polar surface area (TPSA) is 56.2 Å². The summed E-state index contributed by atoms with van der Waals surface area (Å²) in [6, 6.07) is 54.8. The largest absolute Gasteiger partial charge is 0.455 e. The number of benzene rings is 7. The van der Waals surface area contributed by atoms with E-state index in [1.807, 2.05) is 66.7 Å². The smallest absolute Gasteiger partial charge is 0.164 e. The van der Waals surface area contributed by atoms with Gasteiger partial charge < -0.3 is 8.82 Å². The Hall–Kier alpha value is -6.85. The maximum absolute atomic E-state index is 6.56. The van der Waals surface area contributed by atoms with Gasteiger partial charge in [0.1, 0.15) is 11.2 Å². The maximum atomic E-state index is 6.56. The van der Waals surface area contributed by atoms with E-state index in [9.17, 15) is 0 Å². The minimum Gasteiger partial charge on any atom is -0.455 e. The third-order valence-electron chi connectivity index (χ3n) is 9.96. The highest BCUT2D eigenvalue weighted by Gasteiger charge is 2.23. The van der Waals surface area contributed by atoms with E-state index in [0.717, 1.165) is 49.8 Å². The van der Waals surface area contributed by atoms with Crippen molar-refractivity contribution in [1.29, 1.82) is 0 Å². The number of nitrogens with zero attached hydrogens (tertiary/aromatic N) is 4. The molecule has 0 radical (unpaired) electrons. The molecule has 0 bridgehead atoms. The molecule has 0 aliphatic carbocycles. The van der Waals surface area contributed by atoms with E-state index in [1.54, 1.807) is 0 Å². The van der Waals surface area contributed by atoms with Crippen molar-refractivity contribution in [3.63, 3.8) is 0 Å². The number of furan rings is 1. The van der Waals surface area contributed by atoms with Gasteiger partial charge in [-0.2, -0.15) is 0 Å². The van der Waals surface area contributed by atoms with Crippen molar-refractivity contribution in [3.8, 4) is 45.3 Å². The third-order valence-corrected chi connectivity index (χ3v) is 9.96. The quantitative estimate of drug-likeness (QED) is 0.192. The van der Waals surface area contributed by atoms with Gasteiger partial charge in [0.05, 0.1) is 21.9 Å². The average Bonchev–Trinajstić information content (AvgIpc) is 3.85.